The number of carbonyl (C=O) groups is 2. The van der Waals surface area contributed by atoms with Crippen molar-refractivity contribution in [1.82, 2.24) is 19.8 Å². The molecule has 0 aromatic carbocycles. The highest BCUT2D eigenvalue weighted by atomic mass is 16.4. The van der Waals surface area contributed by atoms with Gasteiger partial charge in [-0.25, -0.2) is 9.78 Å². The molecule has 0 radical (unpaired) electrons. The molecule has 20 heavy (non-hydrogen) atoms. The van der Waals surface area contributed by atoms with Gasteiger partial charge in [0.2, 0.25) is 0 Å². The van der Waals surface area contributed by atoms with Crippen LogP contribution in [0.5, 0.6) is 0 Å². The monoisotopic (exact) mass is 280 g/mol. The normalized spacial score (nSPS) is 21.7. The Kier molecular flexibility index (Phi) is 4.26. The van der Waals surface area contributed by atoms with E-state index in [2.05, 4.69) is 10.3 Å². The van der Waals surface area contributed by atoms with Crippen LogP contribution in [-0.4, -0.2) is 44.6 Å². The van der Waals surface area contributed by atoms with Crippen LogP contribution in [0.4, 0.5) is 4.79 Å². The van der Waals surface area contributed by atoms with Crippen molar-refractivity contribution in [1.29, 1.82) is 0 Å². The van der Waals surface area contributed by atoms with Crippen molar-refractivity contribution in [3.05, 3.63) is 18.2 Å². The van der Waals surface area contributed by atoms with Gasteiger partial charge in [-0.15, -0.1) is 0 Å². The van der Waals surface area contributed by atoms with Gasteiger partial charge >= 0.3 is 12.0 Å². The maximum Gasteiger partial charge on any atom is 0.317 e. The van der Waals surface area contributed by atoms with Gasteiger partial charge in [-0.2, -0.15) is 0 Å². The van der Waals surface area contributed by atoms with Gasteiger partial charge in [0, 0.05) is 32.5 Å². The lowest BCUT2D eigenvalue weighted by molar-refractivity contribution is -0.141. The predicted molar refractivity (Wildman–Crippen MR) is 72.0 cm³/mol. The van der Waals surface area contributed by atoms with Crippen molar-refractivity contribution in [3.63, 3.8) is 0 Å². The molecule has 2 unspecified atom stereocenters. The molecule has 1 aromatic rings. The zero-order valence-corrected chi connectivity index (χ0v) is 11.7. The number of carboxylic acid groups (broad SMARTS) is 1. The first-order valence-electron chi connectivity index (χ1n) is 6.68. The zero-order chi connectivity index (χ0) is 14.7. The van der Waals surface area contributed by atoms with Crippen LogP contribution in [0.1, 0.15) is 25.1 Å². The second-order valence-corrected chi connectivity index (χ2v) is 5.31. The summed E-state index contributed by atoms with van der Waals surface area (Å²) in [7, 11) is 3.58. The molecule has 0 bridgehead atoms. The van der Waals surface area contributed by atoms with Crippen molar-refractivity contribution in [2.24, 2.45) is 13.0 Å². The summed E-state index contributed by atoms with van der Waals surface area (Å²) >= 11 is 0. The van der Waals surface area contributed by atoms with Crippen molar-refractivity contribution < 1.29 is 14.7 Å². The van der Waals surface area contributed by atoms with Crippen molar-refractivity contribution in [2.45, 2.75) is 31.8 Å². The van der Waals surface area contributed by atoms with Crippen LogP contribution in [0.3, 0.4) is 0 Å². The van der Waals surface area contributed by atoms with Crippen LogP contribution in [0.15, 0.2) is 12.4 Å². The van der Waals surface area contributed by atoms with Crippen LogP contribution in [-0.2, 0) is 18.4 Å². The maximum atomic E-state index is 12.0. The largest absolute Gasteiger partial charge is 0.481 e. The third-order valence-electron chi connectivity index (χ3n) is 3.76. The average Bonchev–Trinajstić information content (AvgIpc) is 2.99. The van der Waals surface area contributed by atoms with Crippen LogP contribution >= 0.6 is 0 Å². The Balaban J connectivity index is 1.83. The van der Waals surface area contributed by atoms with E-state index in [0.29, 0.717) is 19.4 Å². The Morgan fingerprint density at radius 1 is 1.55 bits per heavy atom. The van der Waals surface area contributed by atoms with Gasteiger partial charge in [0.1, 0.15) is 5.82 Å². The Morgan fingerprint density at radius 3 is 2.85 bits per heavy atom. The summed E-state index contributed by atoms with van der Waals surface area (Å²) in [6, 6.07) is -0.239. The quantitative estimate of drug-likeness (QED) is 0.854. The second kappa shape index (κ2) is 5.94. The summed E-state index contributed by atoms with van der Waals surface area (Å²) in [5, 5.41) is 11.8. The Hall–Kier alpha value is -2.05. The number of hydrogen-bond donors (Lipinski definition) is 2. The Bertz CT molecular complexity index is 500. The van der Waals surface area contributed by atoms with Crippen molar-refractivity contribution in [2.75, 3.05) is 7.05 Å². The van der Waals surface area contributed by atoms with Crippen LogP contribution in [0, 0.1) is 5.92 Å². The highest BCUT2D eigenvalue weighted by molar-refractivity contribution is 5.75. The molecule has 1 aliphatic carbocycles. The van der Waals surface area contributed by atoms with E-state index in [0.717, 1.165) is 12.2 Å². The first-order chi connectivity index (χ1) is 9.47. The minimum atomic E-state index is -0.775. The summed E-state index contributed by atoms with van der Waals surface area (Å²) in [5.74, 6) is -0.305. The molecule has 0 spiro atoms. The van der Waals surface area contributed by atoms with Gasteiger partial charge in [0.15, 0.2) is 0 Å². The number of carboxylic acids is 1. The van der Waals surface area contributed by atoms with Gasteiger partial charge in [0.05, 0.1) is 12.5 Å². The zero-order valence-electron chi connectivity index (χ0n) is 11.7. The van der Waals surface area contributed by atoms with E-state index in [4.69, 9.17) is 5.11 Å². The summed E-state index contributed by atoms with van der Waals surface area (Å²) < 4.78 is 1.86. The molecule has 1 aromatic heterocycles. The molecule has 2 rings (SSSR count). The Morgan fingerprint density at radius 2 is 2.30 bits per heavy atom. The minimum absolute atomic E-state index is 0.0487. The molecule has 110 valence electrons. The number of hydrogen-bond acceptors (Lipinski definition) is 3. The van der Waals surface area contributed by atoms with E-state index in [1.54, 1.807) is 18.1 Å². The lowest BCUT2D eigenvalue weighted by Gasteiger charge is -2.20. The van der Waals surface area contributed by atoms with Crippen molar-refractivity contribution >= 4 is 12.0 Å². The topological polar surface area (TPSA) is 87.5 Å². The molecule has 1 aliphatic rings. The number of carbonyl (C=O) groups excluding carboxylic acids is 1. The Labute approximate surface area is 117 Å². The third-order valence-corrected chi connectivity index (χ3v) is 3.76. The molecule has 7 heteroatoms. The lowest BCUT2D eigenvalue weighted by Crippen LogP contribution is -2.42. The summed E-state index contributed by atoms with van der Waals surface area (Å²) in [6.45, 7) is 0.421. The molecule has 2 N–H and O–H groups in total. The van der Waals surface area contributed by atoms with Crippen LogP contribution in [0.25, 0.3) is 0 Å². The first kappa shape index (κ1) is 14.4. The molecule has 0 saturated heterocycles. The number of aryl methyl sites for hydroxylation is 1. The lowest BCUT2D eigenvalue weighted by atomic mass is 10.1. The molecule has 0 aliphatic heterocycles. The first-order valence-corrected chi connectivity index (χ1v) is 6.68. The molecule has 1 fully saturated rings. The predicted octanol–water partition coefficient (Wildman–Crippen LogP) is 0.815. The minimum Gasteiger partial charge on any atom is -0.481 e. The van der Waals surface area contributed by atoms with E-state index in [1.807, 2.05) is 17.8 Å². The molecule has 7 nitrogen and oxygen atoms in total. The van der Waals surface area contributed by atoms with E-state index < -0.39 is 5.97 Å². The van der Waals surface area contributed by atoms with Gasteiger partial charge < -0.3 is 19.9 Å². The van der Waals surface area contributed by atoms with Crippen LogP contribution in [0.2, 0.25) is 0 Å². The maximum absolute atomic E-state index is 12.0. The number of urea groups is 1. The fourth-order valence-corrected chi connectivity index (χ4v) is 2.45. The van der Waals surface area contributed by atoms with Gasteiger partial charge in [-0.1, -0.05) is 0 Å². The standard InChI is InChI=1S/C13H20N4O3/c1-16-6-5-14-11(16)8-17(2)13(20)15-10-4-3-9(7-10)12(18)19/h5-6,9-10H,3-4,7-8H2,1-2H3,(H,15,20)(H,18,19). The number of aliphatic carboxylic acids is 1. The SMILES string of the molecule is CN(Cc1nccn1C)C(=O)NC1CCC(C(=O)O)C1. The molecule has 2 amide bonds. The number of nitrogens with zero attached hydrogens (tertiary/aromatic N) is 3. The van der Waals surface area contributed by atoms with Crippen LogP contribution < -0.4 is 5.32 Å². The fourth-order valence-electron chi connectivity index (χ4n) is 2.45. The number of nitrogens with one attached hydrogen (secondary N) is 1. The second-order valence-electron chi connectivity index (χ2n) is 5.31. The average molecular weight is 280 g/mol. The van der Waals surface area contributed by atoms with Gasteiger partial charge in [0.25, 0.3) is 0 Å². The summed E-state index contributed by atoms with van der Waals surface area (Å²) in [6.07, 6.45) is 5.38. The summed E-state index contributed by atoms with van der Waals surface area (Å²) in [5.41, 5.74) is 0. The smallest absolute Gasteiger partial charge is 0.317 e. The number of rotatable bonds is 4. The molecular weight excluding hydrogens is 260 g/mol. The van der Waals surface area contributed by atoms with E-state index in [1.165, 1.54) is 0 Å². The molecule has 1 saturated carbocycles. The number of amides is 2. The van der Waals surface area contributed by atoms with E-state index >= 15 is 0 Å². The van der Waals surface area contributed by atoms with Gasteiger partial charge in [-0.05, 0) is 19.3 Å². The fraction of sp³-hybridized carbons (Fsp3) is 0.615. The molecular formula is C13H20N4O3. The molecule has 1 heterocycles. The van der Waals surface area contributed by atoms with Crippen molar-refractivity contribution in [3.8, 4) is 0 Å². The third kappa shape index (κ3) is 3.28. The van der Waals surface area contributed by atoms with E-state index in [9.17, 15) is 9.59 Å². The summed E-state index contributed by atoms with van der Waals surface area (Å²) in [4.78, 5) is 28.6. The van der Waals surface area contributed by atoms with Gasteiger partial charge in [-0.3, -0.25) is 4.79 Å². The van der Waals surface area contributed by atoms with E-state index in [-0.39, 0.29) is 18.0 Å². The highest BCUT2D eigenvalue weighted by Crippen LogP contribution is 2.25. The number of imidazole rings is 1. The molecule has 2 atom stereocenters. The number of aromatic nitrogens is 2. The highest BCUT2D eigenvalue weighted by Gasteiger charge is 2.31.